The molecule has 0 amide bonds. The Kier molecular flexibility index (Phi) is 4.98. The summed E-state index contributed by atoms with van der Waals surface area (Å²) < 4.78 is 7.99. The fourth-order valence-electron chi connectivity index (χ4n) is 3.29. The van der Waals surface area contributed by atoms with E-state index in [9.17, 15) is 0 Å². The maximum Gasteiger partial charge on any atom is 0.196 e. The molecule has 4 nitrogen and oxygen atoms in total. The minimum atomic E-state index is 0.609. The monoisotopic (exact) mass is 397 g/mol. The zero-order chi connectivity index (χ0) is 19.0. The van der Waals surface area contributed by atoms with Crippen molar-refractivity contribution in [3.05, 3.63) is 64.2 Å². The van der Waals surface area contributed by atoms with Gasteiger partial charge in [-0.15, -0.1) is 10.2 Å². The maximum atomic E-state index is 6.18. The van der Waals surface area contributed by atoms with E-state index in [0.29, 0.717) is 6.61 Å². The van der Waals surface area contributed by atoms with Gasteiger partial charge in [-0.2, -0.15) is 0 Å². The van der Waals surface area contributed by atoms with Crippen molar-refractivity contribution in [2.75, 3.05) is 12.4 Å². The van der Waals surface area contributed by atoms with Crippen LogP contribution < -0.4 is 4.74 Å². The lowest BCUT2D eigenvalue weighted by Gasteiger charge is -2.09. The first kappa shape index (κ1) is 18.1. The molecule has 0 aliphatic carbocycles. The molecule has 0 saturated carbocycles. The van der Waals surface area contributed by atoms with E-state index in [2.05, 4.69) is 53.6 Å². The van der Waals surface area contributed by atoms with Crippen molar-refractivity contribution in [2.24, 2.45) is 0 Å². The van der Waals surface area contributed by atoms with Gasteiger partial charge < -0.3 is 4.74 Å². The van der Waals surface area contributed by atoms with Crippen LogP contribution in [0.1, 0.15) is 16.7 Å². The van der Waals surface area contributed by atoms with Crippen molar-refractivity contribution < 1.29 is 4.74 Å². The third kappa shape index (κ3) is 3.75. The van der Waals surface area contributed by atoms with E-state index in [1.165, 1.54) is 11.1 Å². The van der Waals surface area contributed by atoms with Crippen molar-refractivity contribution in [3.8, 4) is 5.75 Å². The molecule has 0 atom stereocenters. The highest BCUT2D eigenvalue weighted by Gasteiger charge is 2.12. The van der Waals surface area contributed by atoms with Gasteiger partial charge in [0.15, 0.2) is 10.8 Å². The van der Waals surface area contributed by atoms with Crippen molar-refractivity contribution in [2.45, 2.75) is 25.9 Å². The number of aromatic nitrogens is 3. The molecule has 2 aromatic carbocycles. The quantitative estimate of drug-likeness (QED) is 0.323. The van der Waals surface area contributed by atoms with Crippen LogP contribution >= 0.6 is 23.4 Å². The smallest absolute Gasteiger partial charge is 0.196 e. The van der Waals surface area contributed by atoms with Gasteiger partial charge in [0.2, 0.25) is 0 Å². The van der Waals surface area contributed by atoms with E-state index in [-0.39, 0.29) is 0 Å². The molecule has 2 heterocycles. The highest BCUT2D eigenvalue weighted by Crippen LogP contribution is 2.28. The zero-order valence-electron chi connectivity index (χ0n) is 15.5. The third-order valence-corrected chi connectivity index (χ3v) is 5.54. The summed E-state index contributed by atoms with van der Waals surface area (Å²) in [5, 5.41) is 11.4. The topological polar surface area (TPSA) is 39.4 Å². The van der Waals surface area contributed by atoms with E-state index >= 15 is 0 Å². The number of nitrogens with zero attached hydrogens (tertiary/aromatic N) is 3. The van der Waals surface area contributed by atoms with Gasteiger partial charge in [-0.1, -0.05) is 29.4 Å². The van der Waals surface area contributed by atoms with Crippen LogP contribution in [0.4, 0.5) is 0 Å². The Labute approximate surface area is 167 Å². The molecule has 2 aromatic heterocycles. The molecule has 0 spiro atoms. The Balaban J connectivity index is 1.54. The summed E-state index contributed by atoms with van der Waals surface area (Å²) in [5.41, 5.74) is 5.47. The number of halogens is 1. The van der Waals surface area contributed by atoms with E-state index < -0.39 is 0 Å². The van der Waals surface area contributed by atoms with Gasteiger partial charge in [0.1, 0.15) is 5.75 Å². The van der Waals surface area contributed by atoms with Crippen molar-refractivity contribution in [3.63, 3.8) is 0 Å². The molecule has 6 heteroatoms. The van der Waals surface area contributed by atoms with Gasteiger partial charge in [0.25, 0.3) is 0 Å². The average molecular weight is 398 g/mol. The van der Waals surface area contributed by atoms with E-state index in [1.807, 2.05) is 24.3 Å². The number of hydrogen-bond donors (Lipinski definition) is 0. The van der Waals surface area contributed by atoms with Crippen LogP contribution in [0.3, 0.4) is 0 Å². The Morgan fingerprint density at radius 3 is 2.56 bits per heavy atom. The fraction of sp³-hybridized carbons (Fsp3) is 0.238. The van der Waals surface area contributed by atoms with Gasteiger partial charge in [-0.25, -0.2) is 0 Å². The van der Waals surface area contributed by atoms with E-state index in [4.69, 9.17) is 16.3 Å². The second-order valence-corrected chi connectivity index (χ2v) is 8.18. The Morgan fingerprint density at radius 1 is 1.00 bits per heavy atom. The molecule has 0 fully saturated rings. The van der Waals surface area contributed by atoms with Crippen molar-refractivity contribution >= 4 is 39.9 Å². The lowest BCUT2D eigenvalue weighted by molar-refractivity contribution is 0.343. The summed E-state index contributed by atoms with van der Waals surface area (Å²) >= 11 is 7.82. The molecule has 0 aliphatic heterocycles. The number of thioether (sulfide) groups is 1. The average Bonchev–Trinajstić information content (AvgIpc) is 3.01. The van der Waals surface area contributed by atoms with Gasteiger partial charge in [-0.05, 0) is 73.9 Å². The Bertz CT molecular complexity index is 1120. The molecular weight excluding hydrogens is 378 g/mol. The molecule has 0 bridgehead atoms. The normalized spacial score (nSPS) is 11.4. The molecule has 0 radical (unpaired) electrons. The van der Waals surface area contributed by atoms with Gasteiger partial charge in [0, 0.05) is 16.2 Å². The number of pyridine rings is 1. The number of rotatable bonds is 5. The van der Waals surface area contributed by atoms with Crippen LogP contribution in [0.15, 0.2) is 47.6 Å². The van der Waals surface area contributed by atoms with Crippen molar-refractivity contribution in [1.82, 2.24) is 14.6 Å². The second kappa shape index (κ2) is 7.41. The molecule has 0 saturated heterocycles. The Hall–Kier alpha value is -2.24. The minimum Gasteiger partial charge on any atom is -0.493 e. The number of ether oxygens (including phenoxy) is 1. The lowest BCUT2D eigenvalue weighted by Crippen LogP contribution is -2.02. The summed E-state index contributed by atoms with van der Waals surface area (Å²) in [6.45, 7) is 6.84. The number of hydrogen-bond acceptors (Lipinski definition) is 4. The lowest BCUT2D eigenvalue weighted by atomic mass is 10.1. The summed E-state index contributed by atoms with van der Waals surface area (Å²) in [4.78, 5) is 0. The predicted molar refractivity (Wildman–Crippen MR) is 112 cm³/mol. The van der Waals surface area contributed by atoms with Crippen LogP contribution in [-0.2, 0) is 0 Å². The summed E-state index contributed by atoms with van der Waals surface area (Å²) in [6, 6.07) is 14.2. The zero-order valence-corrected chi connectivity index (χ0v) is 17.1. The fourth-order valence-corrected chi connectivity index (χ4v) is 4.23. The minimum absolute atomic E-state index is 0.609. The van der Waals surface area contributed by atoms with Gasteiger partial charge >= 0.3 is 0 Å². The summed E-state index contributed by atoms with van der Waals surface area (Å²) in [5.74, 6) is 1.70. The third-order valence-electron chi connectivity index (χ3n) is 4.41. The van der Waals surface area contributed by atoms with Gasteiger partial charge in [0.05, 0.1) is 12.1 Å². The molecule has 0 unspecified atom stereocenters. The van der Waals surface area contributed by atoms with Crippen molar-refractivity contribution in [1.29, 1.82) is 0 Å². The number of aryl methyl sites for hydroxylation is 3. The standard InChI is InChI=1S/C21H20ClN3OS/c1-13-8-14(2)10-17(9-13)26-6-7-27-21-24-23-20-11-15(3)18-12-16(22)4-5-19(18)25(20)21/h4-5,8-12H,6-7H2,1-3H3. The maximum absolute atomic E-state index is 6.18. The van der Waals surface area contributed by atoms with Crippen LogP contribution in [-0.4, -0.2) is 27.0 Å². The number of benzene rings is 2. The molecule has 0 aliphatic rings. The molecule has 4 aromatic rings. The van der Waals surface area contributed by atoms with Crippen LogP contribution in [0, 0.1) is 20.8 Å². The largest absolute Gasteiger partial charge is 0.493 e. The molecular formula is C21H20ClN3OS. The van der Waals surface area contributed by atoms with Gasteiger partial charge in [-0.3, -0.25) is 4.40 Å². The van der Waals surface area contributed by atoms with E-state index in [1.54, 1.807) is 11.8 Å². The molecule has 4 rings (SSSR count). The molecule has 0 N–H and O–H groups in total. The van der Waals surface area contributed by atoms with Crippen LogP contribution in [0.25, 0.3) is 16.6 Å². The Morgan fingerprint density at radius 2 is 1.78 bits per heavy atom. The van der Waals surface area contributed by atoms with Crippen LogP contribution in [0.2, 0.25) is 5.02 Å². The summed E-state index contributed by atoms with van der Waals surface area (Å²) in [7, 11) is 0. The summed E-state index contributed by atoms with van der Waals surface area (Å²) in [6.07, 6.45) is 0. The highest BCUT2D eigenvalue weighted by atomic mass is 35.5. The first-order valence-corrected chi connectivity index (χ1v) is 10.2. The first-order valence-electron chi connectivity index (χ1n) is 8.79. The predicted octanol–water partition coefficient (Wildman–Crippen LogP) is 5.63. The first-order chi connectivity index (χ1) is 13.0. The second-order valence-electron chi connectivity index (χ2n) is 6.69. The highest BCUT2D eigenvalue weighted by molar-refractivity contribution is 7.99. The number of fused-ring (bicyclic) bond motifs is 3. The van der Waals surface area contributed by atoms with Crippen LogP contribution in [0.5, 0.6) is 5.75 Å². The molecule has 27 heavy (non-hydrogen) atoms. The molecule has 138 valence electrons. The SMILES string of the molecule is Cc1cc(C)cc(OCCSc2nnc3cc(C)c4cc(Cl)ccc4n23)c1. The van der Waals surface area contributed by atoms with E-state index in [0.717, 1.165) is 43.8 Å².